The molecule has 3 N–H and O–H groups in total. The molecule has 1 aliphatic carbocycles. The summed E-state index contributed by atoms with van der Waals surface area (Å²) in [6.07, 6.45) is 0.793. The second-order valence-electron chi connectivity index (χ2n) is 8.42. The van der Waals surface area contributed by atoms with Crippen LogP contribution in [0.2, 0.25) is 0 Å². The Bertz CT molecular complexity index is 724. The molecule has 3 amide bonds. The van der Waals surface area contributed by atoms with E-state index in [9.17, 15) is 24.3 Å². The van der Waals surface area contributed by atoms with Gasteiger partial charge in [-0.15, -0.1) is 6.58 Å². The number of carbonyl (C=O) groups is 4. The molecular formula is C20H30N3O7U-. The topological polar surface area (TPSA) is 134 Å². The van der Waals surface area contributed by atoms with E-state index in [1.165, 1.54) is 11.0 Å². The minimum atomic E-state index is -1.39. The van der Waals surface area contributed by atoms with Crippen molar-refractivity contribution in [2.45, 2.75) is 63.8 Å². The molecule has 31 heavy (non-hydrogen) atoms. The van der Waals surface area contributed by atoms with Crippen molar-refractivity contribution in [3.63, 3.8) is 0 Å². The zero-order chi connectivity index (χ0) is 22.7. The van der Waals surface area contributed by atoms with Crippen LogP contribution in [-0.2, 0) is 23.9 Å². The molecule has 0 aromatic carbocycles. The van der Waals surface area contributed by atoms with Gasteiger partial charge in [-0.3, -0.25) is 4.79 Å². The number of aliphatic carboxylic acids is 1. The summed E-state index contributed by atoms with van der Waals surface area (Å²) in [7, 11) is 0. The van der Waals surface area contributed by atoms with Crippen molar-refractivity contribution < 1.29 is 64.9 Å². The minimum absolute atomic E-state index is 0. The van der Waals surface area contributed by atoms with Gasteiger partial charge in [0.2, 0.25) is 5.91 Å². The monoisotopic (exact) mass is 662 g/mol. The first kappa shape index (κ1) is 27.3. The molecule has 4 atom stereocenters. The third-order valence-electron chi connectivity index (χ3n) is 4.99. The van der Waals surface area contributed by atoms with Crippen molar-refractivity contribution in [1.29, 1.82) is 0 Å². The van der Waals surface area contributed by atoms with Gasteiger partial charge < -0.3 is 34.9 Å². The zero-order valence-electron chi connectivity index (χ0n) is 18.3. The summed E-state index contributed by atoms with van der Waals surface area (Å²) in [4.78, 5) is 50.2. The molecule has 0 bridgehead atoms. The van der Waals surface area contributed by atoms with E-state index in [0.717, 1.165) is 6.54 Å². The van der Waals surface area contributed by atoms with Crippen molar-refractivity contribution in [2.75, 3.05) is 13.2 Å². The number of carboxylic acid groups (broad SMARTS) is 1. The van der Waals surface area contributed by atoms with Gasteiger partial charge in [0.15, 0.2) is 0 Å². The van der Waals surface area contributed by atoms with E-state index in [0.29, 0.717) is 6.61 Å². The molecule has 10 nitrogen and oxygen atoms in total. The Morgan fingerprint density at radius 1 is 1.32 bits per heavy atom. The summed E-state index contributed by atoms with van der Waals surface area (Å²) >= 11 is 0. The molecule has 0 aromatic heterocycles. The van der Waals surface area contributed by atoms with E-state index in [1.807, 2.05) is 0 Å². The van der Waals surface area contributed by atoms with E-state index in [-0.39, 0.29) is 62.5 Å². The van der Waals surface area contributed by atoms with E-state index < -0.39 is 41.1 Å². The predicted molar refractivity (Wildman–Crippen MR) is 106 cm³/mol. The van der Waals surface area contributed by atoms with Crippen molar-refractivity contribution in [2.24, 2.45) is 5.92 Å². The van der Waals surface area contributed by atoms with Gasteiger partial charge in [-0.05, 0) is 34.1 Å². The fourth-order valence-corrected chi connectivity index (χ4v) is 3.48. The molecular weight excluding hydrogens is 632 g/mol. The predicted octanol–water partition coefficient (Wildman–Crippen LogP) is 0.824. The van der Waals surface area contributed by atoms with Gasteiger partial charge in [0, 0.05) is 56.6 Å². The van der Waals surface area contributed by atoms with Gasteiger partial charge in [-0.2, -0.15) is 0 Å². The molecule has 0 radical (unpaired) electrons. The molecule has 0 spiro atoms. The number of alkyl carbamates (subject to hydrolysis) is 1. The van der Waals surface area contributed by atoms with Crippen LogP contribution in [-0.4, -0.2) is 70.3 Å². The van der Waals surface area contributed by atoms with Crippen LogP contribution in [0.15, 0.2) is 12.7 Å². The average Bonchev–Trinajstić information content (AvgIpc) is 3.19. The molecule has 2 rings (SSSR count). The Morgan fingerprint density at radius 3 is 2.45 bits per heavy atom. The second-order valence-corrected chi connectivity index (χ2v) is 8.42. The Balaban J connectivity index is 0.00000480. The van der Waals surface area contributed by atoms with Crippen LogP contribution in [0.4, 0.5) is 4.79 Å². The first-order valence-corrected chi connectivity index (χ1v) is 9.86. The number of carbonyl (C=O) groups excluding carboxylic acids is 3. The van der Waals surface area contributed by atoms with E-state index in [4.69, 9.17) is 9.47 Å². The SMILES string of the molecule is C=C[C@@H]1C[C@]1(NC(=O)[C@@H]1C[C@@H](OCC)CN1C(=O)[CH-]NC(=O)OC(C)(C)C)C(=O)O.[U]. The third kappa shape index (κ3) is 6.89. The Morgan fingerprint density at radius 2 is 1.97 bits per heavy atom. The molecule has 0 aromatic rings. The fraction of sp³-hybridized carbons (Fsp3) is 0.650. The number of amides is 3. The molecule has 1 saturated heterocycles. The zero-order valence-corrected chi connectivity index (χ0v) is 22.4. The maximum absolute atomic E-state index is 12.9. The van der Waals surface area contributed by atoms with E-state index in [1.54, 1.807) is 27.7 Å². The normalized spacial score (nSPS) is 26.8. The number of nitrogens with zero attached hydrogens (tertiary/aromatic N) is 1. The maximum Gasteiger partial charge on any atom is 0.381 e. The number of ether oxygens (including phenoxy) is 2. The molecule has 0 unspecified atom stereocenters. The summed E-state index contributed by atoms with van der Waals surface area (Å²) in [5, 5.41) is 14.3. The molecule has 1 saturated carbocycles. The van der Waals surface area contributed by atoms with Gasteiger partial charge in [-0.25, -0.2) is 16.1 Å². The standard InChI is InChI=1S/C20H30N3O7.U/c1-6-12-9-20(12,17(26)27)22-16(25)14-8-13(29-7-2)11-23(14)15(24)10-21-18(28)30-19(3,4)5;/h6,10,12-14H,1,7-9,11H2,2-5H3,(H,21,28)(H,22,25)(H,26,27);/q-1;/t12-,13-,14+,20-;/m1./s1. The van der Waals surface area contributed by atoms with Crippen molar-refractivity contribution >= 4 is 23.9 Å². The van der Waals surface area contributed by atoms with Crippen molar-refractivity contribution in [3.8, 4) is 0 Å². The number of rotatable bonds is 8. The Kier molecular flexibility index (Phi) is 9.48. The van der Waals surface area contributed by atoms with E-state index in [2.05, 4.69) is 17.2 Å². The Labute approximate surface area is 205 Å². The van der Waals surface area contributed by atoms with Gasteiger partial charge in [-0.1, -0.05) is 6.08 Å². The van der Waals surface area contributed by atoms with Crippen LogP contribution >= 0.6 is 0 Å². The average molecular weight is 663 g/mol. The quantitative estimate of drug-likeness (QED) is 0.259. The number of nitrogens with one attached hydrogen (secondary N) is 2. The summed E-state index contributed by atoms with van der Waals surface area (Å²) < 4.78 is 10.6. The number of carboxylic acids is 1. The van der Waals surface area contributed by atoms with E-state index >= 15 is 0 Å². The first-order valence-electron chi connectivity index (χ1n) is 9.86. The third-order valence-corrected chi connectivity index (χ3v) is 4.99. The van der Waals surface area contributed by atoms with Crippen molar-refractivity contribution in [1.82, 2.24) is 15.5 Å². The minimum Gasteiger partial charge on any atom is -0.479 e. The second kappa shape index (κ2) is 10.7. The molecule has 2 fully saturated rings. The first-order chi connectivity index (χ1) is 13.9. The molecule has 172 valence electrons. The van der Waals surface area contributed by atoms with Gasteiger partial charge in [0.25, 0.3) is 0 Å². The Hall–Kier alpha value is -1.70. The smallest absolute Gasteiger partial charge is 0.381 e. The maximum atomic E-state index is 12.9. The van der Waals surface area contributed by atoms with Crippen LogP contribution < -0.4 is 10.6 Å². The van der Waals surface area contributed by atoms with Crippen LogP contribution in [0.3, 0.4) is 0 Å². The summed E-state index contributed by atoms with van der Waals surface area (Å²) in [6.45, 7) is 11.9. The fourth-order valence-electron chi connectivity index (χ4n) is 3.48. The van der Waals surface area contributed by atoms with Crippen molar-refractivity contribution in [3.05, 3.63) is 19.2 Å². The number of hydrogen-bond donors (Lipinski definition) is 3. The molecule has 11 heteroatoms. The molecule has 1 heterocycles. The summed E-state index contributed by atoms with van der Waals surface area (Å²) in [5.41, 5.74) is -2.12. The molecule has 2 aliphatic rings. The van der Waals surface area contributed by atoms with Crippen LogP contribution in [0, 0.1) is 43.6 Å². The van der Waals surface area contributed by atoms with Gasteiger partial charge in [0.1, 0.15) is 23.1 Å². The summed E-state index contributed by atoms with van der Waals surface area (Å²) in [6, 6.07) is -0.923. The number of likely N-dealkylation sites (tertiary alicyclic amines) is 1. The van der Waals surface area contributed by atoms with Crippen LogP contribution in [0.25, 0.3) is 0 Å². The summed E-state index contributed by atoms with van der Waals surface area (Å²) in [5.74, 6) is -2.70. The van der Waals surface area contributed by atoms with Crippen LogP contribution in [0.1, 0.15) is 40.5 Å². The number of hydrogen-bond acceptors (Lipinski definition) is 6. The van der Waals surface area contributed by atoms with Crippen LogP contribution in [0.5, 0.6) is 0 Å². The molecule has 1 aliphatic heterocycles. The van der Waals surface area contributed by atoms with Gasteiger partial charge in [0.05, 0.1) is 6.10 Å². The largest absolute Gasteiger partial charge is 0.479 e. The van der Waals surface area contributed by atoms with Gasteiger partial charge >= 0.3 is 12.1 Å².